The summed E-state index contributed by atoms with van der Waals surface area (Å²) in [4.78, 5) is 4.93. The number of aryl methyl sites for hydroxylation is 1. The molecule has 0 radical (unpaired) electrons. The Kier molecular flexibility index (Phi) is 8.15. The molecule has 0 unspecified atom stereocenters. The predicted octanol–water partition coefficient (Wildman–Crippen LogP) is 16.3. The molecule has 3 aromatic heterocycles. The van der Waals surface area contributed by atoms with E-state index in [0.29, 0.717) is 28.2 Å². The third-order valence-corrected chi connectivity index (χ3v) is 12.9. The van der Waals surface area contributed by atoms with Crippen molar-refractivity contribution in [2.24, 2.45) is 0 Å². The van der Waals surface area contributed by atoms with E-state index in [4.69, 9.17) is 17.9 Å². The van der Waals surface area contributed by atoms with Crippen LogP contribution in [0.4, 0.5) is 0 Å². The summed E-state index contributed by atoms with van der Waals surface area (Å²) in [5.41, 5.74) is 10.1. The Bertz CT molecular complexity index is 4380. The van der Waals surface area contributed by atoms with Crippen LogP contribution >= 0.6 is 0 Å². The molecule has 3 heterocycles. The number of ether oxygens (including phenoxy) is 1. The van der Waals surface area contributed by atoms with Crippen molar-refractivity contribution in [2.75, 3.05) is 0 Å². The van der Waals surface area contributed by atoms with Crippen LogP contribution in [-0.2, 0) is 5.41 Å². The lowest BCUT2D eigenvalue weighted by Gasteiger charge is -2.20. The first-order valence-electron chi connectivity index (χ1n) is 28.1. The largest absolute Gasteiger partial charge is 0.458 e. The molecule has 9 aromatic carbocycles. The van der Waals surface area contributed by atoms with Crippen molar-refractivity contribution in [3.63, 3.8) is 0 Å². The fourth-order valence-corrected chi connectivity index (χ4v) is 9.44. The Morgan fingerprint density at radius 1 is 0.529 bits per heavy atom. The monoisotopic (exact) mass is 912 g/mol. The summed E-state index contributed by atoms with van der Waals surface area (Å²) >= 11 is 0. The summed E-state index contributed by atoms with van der Waals surface area (Å²) < 4.78 is 101. The first kappa shape index (κ1) is 32.8. The zero-order valence-corrected chi connectivity index (χ0v) is 38.9. The highest BCUT2D eigenvalue weighted by molar-refractivity contribution is 6.11. The molecule has 12 rings (SSSR count). The van der Waals surface area contributed by atoms with Crippen LogP contribution in [0.1, 0.15) is 45.6 Å². The summed E-state index contributed by atoms with van der Waals surface area (Å²) in [7, 11) is 0. The van der Waals surface area contributed by atoms with Gasteiger partial charge >= 0.3 is 0 Å². The van der Waals surface area contributed by atoms with Gasteiger partial charge in [0.2, 0.25) is 0 Å². The molecule has 5 nitrogen and oxygen atoms in total. The van der Waals surface area contributed by atoms with E-state index in [2.05, 4.69) is 93.2 Å². The standard InChI is InChI=1S/C65H50N4O/c1-44-18-14-15-27-54(44)49-31-34-59-58(38-49)57-33-32-53(42-61(57)69(59)63-40-50(36-37-66-63)65(2,3)4)70-52-26-16-25-51(41-52)67-43-68(62-39-48(30-35-60(62)67)45-19-8-5-9-20-45)64-55(46-21-10-6-11-22-46)28-17-29-56(64)47-23-12-7-13-24-47/h5-42H,1-4H3/i6D,7D,10D,11D,12D,13D,21D,22D,23D,24D. The van der Waals surface area contributed by atoms with E-state index >= 15 is 0 Å². The molecule has 336 valence electrons. The van der Waals surface area contributed by atoms with Crippen molar-refractivity contribution < 1.29 is 23.0 Å². The van der Waals surface area contributed by atoms with Crippen molar-refractivity contribution >= 4 is 32.8 Å². The molecule has 70 heavy (non-hydrogen) atoms. The molecule has 0 amide bonds. The first-order valence-corrected chi connectivity index (χ1v) is 23.1. The number of pyridine rings is 1. The third kappa shape index (κ3) is 7.72. The minimum atomic E-state index is -0.574. The van der Waals surface area contributed by atoms with Crippen LogP contribution in [0.15, 0.2) is 230 Å². The average Bonchev–Trinajstić information content (AvgIpc) is 4.22. The van der Waals surface area contributed by atoms with Crippen LogP contribution in [0.3, 0.4) is 0 Å². The molecule has 0 spiro atoms. The first-order chi connectivity index (χ1) is 38.4. The molecular weight excluding hydrogens is 853 g/mol. The van der Waals surface area contributed by atoms with Crippen molar-refractivity contribution in [3.05, 3.63) is 248 Å². The Morgan fingerprint density at radius 3 is 1.94 bits per heavy atom. The van der Waals surface area contributed by atoms with E-state index in [1.165, 1.54) is 5.56 Å². The number of nitrogens with zero attached hydrogens (tertiary/aromatic N) is 4. The van der Waals surface area contributed by atoms with E-state index in [1.807, 2.05) is 102 Å². The lowest BCUT2D eigenvalue weighted by atomic mass is 9.88. The average molecular weight is 913 g/mol. The van der Waals surface area contributed by atoms with Gasteiger partial charge in [-0.15, -0.1) is 0 Å². The lowest BCUT2D eigenvalue weighted by molar-refractivity contribution is -0.571. The highest BCUT2D eigenvalue weighted by atomic mass is 16.5. The van der Waals surface area contributed by atoms with Crippen molar-refractivity contribution in [2.45, 2.75) is 33.1 Å². The van der Waals surface area contributed by atoms with Gasteiger partial charge < -0.3 is 4.74 Å². The highest BCUT2D eigenvalue weighted by Crippen LogP contribution is 2.40. The zero-order valence-electron chi connectivity index (χ0n) is 48.9. The Hall–Kier alpha value is -8.80. The molecule has 0 fully saturated rings. The summed E-state index contributed by atoms with van der Waals surface area (Å²) in [6, 6.07) is 47.9. The van der Waals surface area contributed by atoms with E-state index in [9.17, 15) is 5.48 Å². The summed E-state index contributed by atoms with van der Waals surface area (Å²) in [5, 5.41) is 2.10. The van der Waals surface area contributed by atoms with Gasteiger partial charge in [-0.3, -0.25) is 13.7 Å². The second-order valence-corrected chi connectivity index (χ2v) is 18.4. The zero-order chi connectivity index (χ0) is 56.1. The number of para-hydroxylation sites is 1. The van der Waals surface area contributed by atoms with Gasteiger partial charge in [-0.1, -0.05) is 178 Å². The van der Waals surface area contributed by atoms with Gasteiger partial charge in [-0.2, -0.15) is 0 Å². The van der Waals surface area contributed by atoms with Crippen LogP contribution in [-0.4, -0.2) is 14.1 Å². The van der Waals surface area contributed by atoms with E-state index in [-0.39, 0.29) is 33.4 Å². The highest BCUT2D eigenvalue weighted by Gasteiger charge is 2.22. The van der Waals surface area contributed by atoms with Gasteiger partial charge in [0, 0.05) is 23.0 Å². The molecule has 0 N–H and O–H groups in total. The predicted molar refractivity (Wildman–Crippen MR) is 287 cm³/mol. The molecule has 0 aliphatic carbocycles. The number of imidazole rings is 1. The Balaban J connectivity index is 1.06. The van der Waals surface area contributed by atoms with Gasteiger partial charge in [0.15, 0.2) is 0 Å². The normalized spacial score (nSPS) is 13.7. The summed E-state index contributed by atoms with van der Waals surface area (Å²) in [6.45, 7) is 8.69. The van der Waals surface area contributed by atoms with E-state index in [1.54, 1.807) is 22.8 Å². The van der Waals surface area contributed by atoms with Crippen LogP contribution in [0, 0.1) is 13.3 Å². The maximum absolute atomic E-state index is 9.19. The fourth-order valence-electron chi connectivity index (χ4n) is 9.44. The van der Waals surface area contributed by atoms with Gasteiger partial charge in [-0.25, -0.2) is 4.98 Å². The van der Waals surface area contributed by atoms with Crippen molar-refractivity contribution in [1.29, 1.82) is 0 Å². The van der Waals surface area contributed by atoms with Crippen molar-refractivity contribution in [1.82, 2.24) is 14.1 Å². The van der Waals surface area contributed by atoms with E-state index < -0.39 is 60.4 Å². The SMILES string of the molecule is [2H]c1c([2H])c([2H])c(-c2cccc(-c3c([2H])c([2H])c([2H])c([2H])c3[2H])c2-[n+]2[c-]n(-c3cccc(Oc4ccc5c6cc(-c7ccccc7C)ccc6n(-c6cc(C(C)(C)C)ccn6)c5c4)c3)c3ccc(-c4ccccc4)cc32)c([2H])c1[2H]. The van der Waals surface area contributed by atoms with Gasteiger partial charge in [0.1, 0.15) is 17.3 Å². The Morgan fingerprint density at radius 2 is 1.20 bits per heavy atom. The molecule has 0 saturated heterocycles. The van der Waals surface area contributed by atoms with E-state index in [0.717, 1.165) is 55.4 Å². The minimum Gasteiger partial charge on any atom is -0.458 e. The van der Waals surface area contributed by atoms with Gasteiger partial charge in [-0.05, 0) is 129 Å². The number of aromatic nitrogens is 4. The second kappa shape index (κ2) is 17.4. The van der Waals surface area contributed by atoms with Gasteiger partial charge in [0.05, 0.1) is 47.1 Å². The van der Waals surface area contributed by atoms with Crippen LogP contribution in [0.2, 0.25) is 0 Å². The Labute approximate surface area is 422 Å². The van der Waals surface area contributed by atoms with Crippen molar-refractivity contribution in [3.8, 4) is 73.2 Å². The maximum atomic E-state index is 9.19. The molecule has 0 aliphatic rings. The molecule has 5 heteroatoms. The number of benzene rings is 9. The number of hydrogen-bond donors (Lipinski definition) is 0. The van der Waals surface area contributed by atoms with Crippen LogP contribution in [0.25, 0.3) is 94.5 Å². The number of rotatable bonds is 9. The third-order valence-electron chi connectivity index (χ3n) is 12.9. The summed E-state index contributed by atoms with van der Waals surface area (Å²) in [6.07, 6.45) is 5.39. The maximum Gasteiger partial charge on any atom is 0.269 e. The fraction of sp³-hybridized carbons (Fsp3) is 0.0769. The number of hydrogen-bond acceptors (Lipinski definition) is 2. The van der Waals surface area contributed by atoms with Crippen LogP contribution in [0.5, 0.6) is 11.5 Å². The lowest BCUT2D eigenvalue weighted by Crippen LogP contribution is -2.31. The van der Waals surface area contributed by atoms with Gasteiger partial charge in [0.25, 0.3) is 6.33 Å². The molecule has 0 saturated carbocycles. The molecule has 12 aromatic rings. The van der Waals surface area contributed by atoms with Crippen LogP contribution < -0.4 is 9.30 Å². The molecule has 0 bridgehead atoms. The topological polar surface area (TPSA) is 35.9 Å². The quantitative estimate of drug-likeness (QED) is 0.107. The second-order valence-electron chi connectivity index (χ2n) is 18.4. The summed E-state index contributed by atoms with van der Waals surface area (Å²) in [5.74, 6) is 1.85. The molecule has 0 aliphatic heterocycles. The molecule has 0 atom stereocenters. The number of fused-ring (bicyclic) bond motifs is 4. The minimum absolute atomic E-state index is 0.125. The smallest absolute Gasteiger partial charge is 0.269 e. The molecular formula is C65H50N4O.